The molecule has 0 saturated heterocycles. The van der Waals surface area contributed by atoms with Gasteiger partial charge in [-0.15, -0.1) is 0 Å². The van der Waals surface area contributed by atoms with Crippen molar-refractivity contribution < 1.29 is 14.3 Å². The van der Waals surface area contributed by atoms with Crippen LogP contribution in [0.4, 0.5) is 4.79 Å². The van der Waals surface area contributed by atoms with Crippen LogP contribution in [0.2, 0.25) is 0 Å². The largest absolute Gasteiger partial charge is 0.444 e. The van der Waals surface area contributed by atoms with Gasteiger partial charge in [0.1, 0.15) is 11.7 Å². The number of hydrogen-bond donors (Lipinski definition) is 2. The van der Waals surface area contributed by atoms with Gasteiger partial charge in [0, 0.05) is 6.54 Å². The van der Waals surface area contributed by atoms with Crippen LogP contribution in [-0.4, -0.2) is 37.1 Å². The molecule has 0 aliphatic rings. The Kier molecular flexibility index (Phi) is 7.72. The van der Waals surface area contributed by atoms with Crippen LogP contribution in [0.5, 0.6) is 0 Å². The molecule has 0 atom stereocenters. The van der Waals surface area contributed by atoms with Crippen molar-refractivity contribution in [2.24, 2.45) is 0 Å². The minimum atomic E-state index is -0.483. The summed E-state index contributed by atoms with van der Waals surface area (Å²) in [6.45, 7) is 6.68. The molecule has 6 nitrogen and oxygen atoms in total. The van der Waals surface area contributed by atoms with Crippen LogP contribution in [0.3, 0.4) is 0 Å². The molecule has 0 radical (unpaired) electrons. The first-order valence-corrected chi connectivity index (χ1v) is 5.95. The summed E-state index contributed by atoms with van der Waals surface area (Å²) in [5.74, 6) is -0.470. The maximum atomic E-state index is 11.2. The van der Waals surface area contributed by atoms with Crippen LogP contribution in [0, 0.1) is 11.3 Å². The molecule has 0 fully saturated rings. The highest BCUT2D eigenvalue weighted by Gasteiger charge is 2.15. The fourth-order valence-corrected chi connectivity index (χ4v) is 1.12. The lowest BCUT2D eigenvalue weighted by Crippen LogP contribution is -2.33. The molecule has 18 heavy (non-hydrogen) atoms. The smallest absolute Gasteiger partial charge is 0.407 e. The molecule has 0 bridgehead atoms. The van der Waals surface area contributed by atoms with E-state index in [2.05, 4.69) is 10.6 Å². The molecule has 6 heteroatoms. The van der Waals surface area contributed by atoms with Crippen molar-refractivity contribution in [2.75, 3.05) is 19.6 Å². The number of ketones is 1. The molecule has 0 aromatic heterocycles. The van der Waals surface area contributed by atoms with Gasteiger partial charge in [-0.25, -0.2) is 4.79 Å². The van der Waals surface area contributed by atoms with Crippen LogP contribution in [0.1, 0.15) is 33.6 Å². The lowest BCUT2D eigenvalue weighted by atomic mass is 10.2. The Labute approximate surface area is 108 Å². The van der Waals surface area contributed by atoms with Gasteiger partial charge in [-0.3, -0.25) is 4.79 Å². The molecule has 0 aromatic rings. The van der Waals surface area contributed by atoms with Crippen molar-refractivity contribution in [1.29, 1.82) is 5.26 Å². The van der Waals surface area contributed by atoms with E-state index in [1.54, 1.807) is 0 Å². The fraction of sp³-hybridized carbons (Fsp3) is 0.750. The van der Waals surface area contributed by atoms with Crippen LogP contribution >= 0.6 is 0 Å². The molecular formula is C12H21N3O3. The van der Waals surface area contributed by atoms with E-state index in [0.717, 1.165) is 12.8 Å². The molecule has 0 spiro atoms. The van der Waals surface area contributed by atoms with E-state index in [1.165, 1.54) is 6.07 Å². The van der Waals surface area contributed by atoms with Gasteiger partial charge < -0.3 is 15.4 Å². The fourth-order valence-electron chi connectivity index (χ4n) is 1.12. The van der Waals surface area contributed by atoms with Gasteiger partial charge in [0.05, 0.1) is 6.54 Å². The van der Waals surface area contributed by atoms with Crippen molar-refractivity contribution in [1.82, 2.24) is 10.6 Å². The number of Topliss-reactive ketones (excluding diaryl/α,β-unsaturated/α-hetero) is 1. The zero-order chi connectivity index (χ0) is 14.0. The van der Waals surface area contributed by atoms with Gasteiger partial charge in [-0.1, -0.05) is 0 Å². The number of hydrogen-bond acceptors (Lipinski definition) is 5. The van der Waals surface area contributed by atoms with E-state index in [4.69, 9.17) is 10.00 Å². The normalized spacial score (nSPS) is 10.6. The summed E-state index contributed by atoms with van der Waals surface area (Å²) in [5.41, 5.74) is -0.483. The summed E-state index contributed by atoms with van der Waals surface area (Å²) >= 11 is 0. The second-order valence-electron chi connectivity index (χ2n) is 4.85. The third-order valence-electron chi connectivity index (χ3n) is 1.86. The van der Waals surface area contributed by atoms with Crippen LogP contribution < -0.4 is 10.6 Å². The van der Waals surface area contributed by atoms with E-state index in [0.29, 0.717) is 13.1 Å². The van der Waals surface area contributed by atoms with Gasteiger partial charge in [0.25, 0.3) is 0 Å². The van der Waals surface area contributed by atoms with Gasteiger partial charge in [-0.05, 0) is 40.2 Å². The maximum absolute atomic E-state index is 11.2. The maximum Gasteiger partial charge on any atom is 0.407 e. The molecule has 1 amide bonds. The molecule has 0 heterocycles. The Hall–Kier alpha value is -1.61. The number of carbonyl (C=O) groups is 2. The van der Waals surface area contributed by atoms with Crippen molar-refractivity contribution >= 4 is 11.9 Å². The number of alkyl carbamates (subject to hydrolysis) is 1. The Morgan fingerprint density at radius 3 is 2.39 bits per heavy atom. The summed E-state index contributed by atoms with van der Waals surface area (Å²) < 4.78 is 5.07. The molecule has 0 aromatic carbocycles. The van der Waals surface area contributed by atoms with Gasteiger partial charge >= 0.3 is 6.09 Å². The van der Waals surface area contributed by atoms with Crippen molar-refractivity contribution in [3.63, 3.8) is 0 Å². The quantitative estimate of drug-likeness (QED) is 0.522. The number of carbonyl (C=O) groups excluding carboxylic acids is 2. The Morgan fingerprint density at radius 2 is 1.83 bits per heavy atom. The zero-order valence-electron chi connectivity index (χ0n) is 11.2. The Bertz CT molecular complexity index is 316. The second-order valence-corrected chi connectivity index (χ2v) is 4.85. The first-order valence-electron chi connectivity index (χ1n) is 5.95. The molecule has 0 unspecified atom stereocenters. The highest BCUT2D eigenvalue weighted by atomic mass is 16.6. The van der Waals surface area contributed by atoms with E-state index in [1.807, 2.05) is 20.8 Å². The van der Waals surface area contributed by atoms with E-state index in [9.17, 15) is 9.59 Å². The number of amides is 1. The number of rotatable bonds is 7. The summed E-state index contributed by atoms with van der Waals surface area (Å²) in [6.07, 6.45) is 1.18. The number of nitrogens with one attached hydrogen (secondary N) is 2. The monoisotopic (exact) mass is 255 g/mol. The van der Waals surface area contributed by atoms with Gasteiger partial charge in [0.2, 0.25) is 5.78 Å². The summed E-state index contributed by atoms with van der Waals surface area (Å²) in [7, 11) is 0. The Balaban J connectivity index is 3.39. The number of nitriles is 1. The van der Waals surface area contributed by atoms with E-state index < -0.39 is 17.5 Å². The molecule has 0 aliphatic heterocycles. The van der Waals surface area contributed by atoms with E-state index in [-0.39, 0.29) is 6.54 Å². The molecular weight excluding hydrogens is 234 g/mol. The van der Waals surface area contributed by atoms with E-state index >= 15 is 0 Å². The number of ether oxygens (including phenoxy) is 1. The van der Waals surface area contributed by atoms with Crippen LogP contribution in [-0.2, 0) is 9.53 Å². The van der Waals surface area contributed by atoms with Crippen molar-refractivity contribution in [2.45, 2.75) is 39.2 Å². The Morgan fingerprint density at radius 1 is 1.22 bits per heavy atom. The molecule has 102 valence electrons. The predicted octanol–water partition coefficient (Wildman–Crippen LogP) is 0.974. The average Bonchev–Trinajstić information content (AvgIpc) is 2.25. The van der Waals surface area contributed by atoms with Crippen LogP contribution in [0.25, 0.3) is 0 Å². The third-order valence-corrected chi connectivity index (χ3v) is 1.86. The summed E-state index contributed by atoms with van der Waals surface area (Å²) in [6, 6.07) is 1.53. The lowest BCUT2D eigenvalue weighted by Gasteiger charge is -2.19. The van der Waals surface area contributed by atoms with Gasteiger partial charge in [0.15, 0.2) is 0 Å². The third kappa shape index (κ3) is 10.9. The summed E-state index contributed by atoms with van der Waals surface area (Å²) in [4.78, 5) is 21.9. The second kappa shape index (κ2) is 8.48. The first kappa shape index (κ1) is 16.4. The number of nitrogens with zero attached hydrogens (tertiary/aromatic N) is 1. The summed E-state index contributed by atoms with van der Waals surface area (Å²) in [5, 5.41) is 13.7. The minimum Gasteiger partial charge on any atom is -0.444 e. The molecule has 2 N–H and O–H groups in total. The SMILES string of the molecule is CC(C)(C)OC(=O)NCCCCNCC(=O)C#N. The van der Waals surface area contributed by atoms with Crippen molar-refractivity contribution in [3.8, 4) is 6.07 Å². The van der Waals surface area contributed by atoms with Crippen molar-refractivity contribution in [3.05, 3.63) is 0 Å². The van der Waals surface area contributed by atoms with Gasteiger partial charge in [-0.2, -0.15) is 5.26 Å². The molecule has 0 aliphatic carbocycles. The topological polar surface area (TPSA) is 91.2 Å². The minimum absolute atomic E-state index is 0.0794. The average molecular weight is 255 g/mol. The standard InChI is InChI=1S/C12H21N3O3/c1-12(2,3)18-11(17)15-7-5-4-6-14-9-10(16)8-13/h14H,4-7,9H2,1-3H3,(H,15,17). The first-order chi connectivity index (χ1) is 8.35. The molecule has 0 rings (SSSR count). The lowest BCUT2D eigenvalue weighted by molar-refractivity contribution is -0.113. The zero-order valence-corrected chi connectivity index (χ0v) is 11.2. The highest BCUT2D eigenvalue weighted by molar-refractivity contribution is 5.94. The highest BCUT2D eigenvalue weighted by Crippen LogP contribution is 2.06. The predicted molar refractivity (Wildman–Crippen MR) is 67.0 cm³/mol. The molecule has 0 saturated carbocycles. The van der Waals surface area contributed by atoms with Crippen LogP contribution in [0.15, 0.2) is 0 Å². The number of unbranched alkanes of at least 4 members (excludes halogenated alkanes) is 1.